The van der Waals surface area contributed by atoms with E-state index in [9.17, 15) is 0 Å². The van der Waals surface area contributed by atoms with Crippen LogP contribution in [-0.4, -0.2) is 30.0 Å². The third-order valence-corrected chi connectivity index (χ3v) is 6.21. The summed E-state index contributed by atoms with van der Waals surface area (Å²) in [6.45, 7) is 0. The van der Waals surface area contributed by atoms with E-state index in [2.05, 4.69) is 27.1 Å². The Hall–Kier alpha value is -0.861. The summed E-state index contributed by atoms with van der Waals surface area (Å²) in [5, 5.41) is 8.47. The zero-order chi connectivity index (χ0) is 11.5. The van der Waals surface area contributed by atoms with Crippen molar-refractivity contribution >= 4 is 26.0 Å². The fraction of sp³-hybridized carbons (Fsp3) is 0.538. The molecule has 3 nitrogen and oxygen atoms in total. The van der Waals surface area contributed by atoms with E-state index in [0.29, 0.717) is 15.0 Å². The Bertz CT molecular complexity index is 488. The molecule has 2 aromatic rings. The van der Waals surface area contributed by atoms with Gasteiger partial charge >= 0.3 is 108 Å². The molecule has 17 heavy (non-hydrogen) atoms. The van der Waals surface area contributed by atoms with E-state index in [1.54, 1.807) is 0 Å². The molecule has 1 heterocycles. The van der Waals surface area contributed by atoms with Crippen LogP contribution >= 0.6 is 0 Å². The second kappa shape index (κ2) is 5.19. The maximum atomic E-state index is 4.26. The number of fused-ring (bicyclic) bond motifs is 1. The van der Waals surface area contributed by atoms with Crippen molar-refractivity contribution in [1.82, 2.24) is 15.0 Å². The van der Waals surface area contributed by atoms with Crippen molar-refractivity contribution in [3.63, 3.8) is 0 Å². The monoisotopic (exact) mass is 295 g/mol. The molecule has 1 fully saturated rings. The van der Waals surface area contributed by atoms with Crippen LogP contribution in [0.1, 0.15) is 32.1 Å². The Morgan fingerprint density at radius 3 is 2.88 bits per heavy atom. The molecule has 1 saturated carbocycles. The molecule has 0 saturated heterocycles. The first-order valence-corrected chi connectivity index (χ1v) is 8.53. The van der Waals surface area contributed by atoms with E-state index in [-0.39, 0.29) is 0 Å². The molecule has 1 aromatic carbocycles. The van der Waals surface area contributed by atoms with E-state index in [1.165, 1.54) is 37.6 Å². The Kier molecular flexibility index (Phi) is 3.44. The quantitative estimate of drug-likeness (QED) is 0.815. The molecule has 0 bridgehead atoms. The van der Waals surface area contributed by atoms with Crippen LogP contribution in [0, 0.1) is 0 Å². The van der Waals surface area contributed by atoms with Crippen molar-refractivity contribution < 1.29 is 0 Å². The van der Waals surface area contributed by atoms with Gasteiger partial charge in [0.25, 0.3) is 0 Å². The summed E-state index contributed by atoms with van der Waals surface area (Å²) >= 11 is 0.677. The summed E-state index contributed by atoms with van der Waals surface area (Å²) in [6, 6.07) is 8.24. The van der Waals surface area contributed by atoms with Crippen LogP contribution in [0.5, 0.6) is 0 Å². The fourth-order valence-electron chi connectivity index (χ4n) is 2.42. The third kappa shape index (κ3) is 2.53. The molecule has 0 aliphatic heterocycles. The van der Waals surface area contributed by atoms with Gasteiger partial charge < -0.3 is 0 Å². The molecule has 0 spiro atoms. The van der Waals surface area contributed by atoms with Gasteiger partial charge in [0.2, 0.25) is 0 Å². The minimum absolute atomic E-state index is 0.677. The molecule has 0 N–H and O–H groups in total. The molecule has 3 rings (SSSR count). The van der Waals surface area contributed by atoms with Gasteiger partial charge in [-0.2, -0.15) is 0 Å². The Morgan fingerprint density at radius 2 is 2.00 bits per heavy atom. The summed E-state index contributed by atoms with van der Waals surface area (Å²) in [5.41, 5.74) is 3.29. The Balaban J connectivity index is 1.68. The zero-order valence-electron chi connectivity index (χ0n) is 9.88. The van der Waals surface area contributed by atoms with Crippen LogP contribution in [0.3, 0.4) is 0 Å². The summed E-state index contributed by atoms with van der Waals surface area (Å²) in [4.78, 5) is 0.971. The van der Waals surface area contributed by atoms with Gasteiger partial charge in [-0.1, -0.05) is 0 Å². The predicted octanol–water partition coefficient (Wildman–Crippen LogP) is 2.85. The average Bonchev–Trinajstić information content (AvgIpc) is 2.81. The maximum absolute atomic E-state index is 4.26. The third-order valence-electron chi connectivity index (χ3n) is 3.40. The van der Waals surface area contributed by atoms with Gasteiger partial charge in [-0.3, -0.25) is 0 Å². The standard InChI is InChI=1S/C13H17N3Se/c1-2-6-11(7-3-1)17-10-16-13-9-5-4-8-12(13)14-15-16/h4-5,8-9,11H,1-3,6-7,10H2. The Morgan fingerprint density at radius 1 is 1.18 bits per heavy atom. The molecular weight excluding hydrogens is 277 g/mol. The number of para-hydroxylation sites is 1. The van der Waals surface area contributed by atoms with Crippen molar-refractivity contribution in [2.75, 3.05) is 0 Å². The van der Waals surface area contributed by atoms with Crippen LogP contribution in [-0.2, 0) is 5.44 Å². The zero-order valence-corrected chi connectivity index (χ0v) is 11.6. The first-order chi connectivity index (χ1) is 8.43. The molecule has 1 aliphatic rings. The van der Waals surface area contributed by atoms with Gasteiger partial charge in [0.05, 0.1) is 0 Å². The van der Waals surface area contributed by atoms with Gasteiger partial charge in [-0.25, -0.2) is 0 Å². The molecule has 0 atom stereocenters. The van der Waals surface area contributed by atoms with Crippen LogP contribution in [0.15, 0.2) is 24.3 Å². The van der Waals surface area contributed by atoms with Gasteiger partial charge in [-0.05, 0) is 0 Å². The molecule has 1 aliphatic carbocycles. The molecule has 0 amide bonds. The Labute approximate surface area is 108 Å². The van der Waals surface area contributed by atoms with Gasteiger partial charge in [0.15, 0.2) is 0 Å². The van der Waals surface area contributed by atoms with E-state index in [4.69, 9.17) is 0 Å². The summed E-state index contributed by atoms with van der Waals surface area (Å²) in [5.74, 6) is 0. The van der Waals surface area contributed by atoms with Gasteiger partial charge in [-0.15, -0.1) is 0 Å². The second-order valence-electron chi connectivity index (χ2n) is 4.63. The number of nitrogens with zero attached hydrogens (tertiary/aromatic N) is 3. The first kappa shape index (κ1) is 11.2. The summed E-state index contributed by atoms with van der Waals surface area (Å²) < 4.78 is 2.09. The molecular formula is C13H17N3Se. The fourth-order valence-corrected chi connectivity index (χ4v) is 4.96. The van der Waals surface area contributed by atoms with E-state index < -0.39 is 0 Å². The minimum atomic E-state index is 0.677. The second-order valence-corrected chi connectivity index (χ2v) is 7.27. The number of hydrogen-bond acceptors (Lipinski definition) is 2. The predicted molar refractivity (Wildman–Crippen MR) is 70.1 cm³/mol. The summed E-state index contributed by atoms with van der Waals surface area (Å²) in [6.07, 6.45) is 7.19. The van der Waals surface area contributed by atoms with Crippen LogP contribution in [0.4, 0.5) is 0 Å². The number of aromatic nitrogens is 3. The van der Waals surface area contributed by atoms with Crippen molar-refractivity contribution in [1.29, 1.82) is 0 Å². The van der Waals surface area contributed by atoms with Gasteiger partial charge in [0, 0.05) is 0 Å². The topological polar surface area (TPSA) is 30.7 Å². The van der Waals surface area contributed by atoms with E-state index in [1.807, 2.05) is 12.1 Å². The van der Waals surface area contributed by atoms with Crippen LogP contribution < -0.4 is 0 Å². The molecule has 0 unspecified atom stereocenters. The van der Waals surface area contributed by atoms with Crippen molar-refractivity contribution in [2.24, 2.45) is 0 Å². The van der Waals surface area contributed by atoms with Gasteiger partial charge in [0.1, 0.15) is 0 Å². The van der Waals surface area contributed by atoms with Crippen molar-refractivity contribution in [3.05, 3.63) is 24.3 Å². The SMILES string of the molecule is c1ccc2c(c1)nnn2C[Se]C1CCCCC1. The molecule has 4 heteroatoms. The van der Waals surface area contributed by atoms with Crippen LogP contribution in [0.25, 0.3) is 11.0 Å². The van der Waals surface area contributed by atoms with E-state index in [0.717, 1.165) is 15.8 Å². The van der Waals surface area contributed by atoms with Crippen molar-refractivity contribution in [3.8, 4) is 0 Å². The number of rotatable bonds is 3. The van der Waals surface area contributed by atoms with Crippen LogP contribution in [0.2, 0.25) is 4.82 Å². The number of benzene rings is 1. The van der Waals surface area contributed by atoms with Crippen molar-refractivity contribution in [2.45, 2.75) is 42.4 Å². The molecule has 0 radical (unpaired) electrons. The average molecular weight is 294 g/mol. The van der Waals surface area contributed by atoms with E-state index >= 15 is 0 Å². The summed E-state index contributed by atoms with van der Waals surface area (Å²) in [7, 11) is 0. The first-order valence-electron chi connectivity index (χ1n) is 6.33. The normalized spacial score (nSPS) is 17.6. The number of hydrogen-bond donors (Lipinski definition) is 0. The molecule has 1 aromatic heterocycles. The molecule has 90 valence electrons.